The Hall–Kier alpha value is -2.00. The zero-order valence-corrected chi connectivity index (χ0v) is 17.2. The van der Waals surface area contributed by atoms with Crippen LogP contribution in [0.15, 0.2) is 24.3 Å². The van der Waals surface area contributed by atoms with Crippen LogP contribution in [-0.4, -0.2) is 89.0 Å². The Morgan fingerprint density at radius 1 is 1.31 bits per heavy atom. The van der Waals surface area contributed by atoms with Gasteiger partial charge < -0.3 is 24.0 Å². The minimum absolute atomic E-state index is 0.0304. The largest absolute Gasteiger partial charge is 0.389 e. The second-order valence-electron chi connectivity index (χ2n) is 7.89. The highest BCUT2D eigenvalue weighted by molar-refractivity contribution is 5.81. The molecule has 0 unspecified atom stereocenters. The topological polar surface area (TPSA) is 80.1 Å². The molecule has 1 aromatic heterocycles. The Morgan fingerprint density at radius 3 is 2.83 bits per heavy atom. The van der Waals surface area contributed by atoms with E-state index < -0.39 is 6.10 Å². The lowest BCUT2D eigenvalue weighted by Crippen LogP contribution is -2.52. The number of hydrogen-bond donors (Lipinski definition) is 1. The summed E-state index contributed by atoms with van der Waals surface area (Å²) in [6, 6.07) is 7.71. The molecule has 1 N–H and O–H groups in total. The van der Waals surface area contributed by atoms with Gasteiger partial charge in [-0.25, -0.2) is 4.98 Å². The molecule has 158 valence electrons. The molecule has 2 fully saturated rings. The molecule has 8 nitrogen and oxygen atoms in total. The number of carbonyl (C=O) groups is 1. The minimum atomic E-state index is -0.542. The number of likely N-dealkylation sites (N-methyl/N-ethyl adjacent to an activating group) is 1. The monoisotopic (exact) mass is 402 g/mol. The zero-order valence-electron chi connectivity index (χ0n) is 17.2. The molecule has 1 amide bonds. The molecule has 2 aliphatic rings. The molecule has 1 aliphatic carbocycles. The molecule has 4 rings (SSSR count). The number of fused-ring (bicyclic) bond motifs is 1. The Balaban J connectivity index is 1.47. The smallest absolute Gasteiger partial charge is 0.242 e. The van der Waals surface area contributed by atoms with Crippen LogP contribution in [0.25, 0.3) is 11.0 Å². The molecule has 1 saturated heterocycles. The minimum Gasteiger partial charge on any atom is -0.389 e. The average Bonchev–Trinajstić information content (AvgIpc) is 3.29. The van der Waals surface area contributed by atoms with Crippen LogP contribution in [0.5, 0.6) is 0 Å². The molecule has 0 bridgehead atoms. The summed E-state index contributed by atoms with van der Waals surface area (Å²) in [5.41, 5.74) is 1.77. The van der Waals surface area contributed by atoms with Crippen LogP contribution in [0.2, 0.25) is 0 Å². The highest BCUT2D eigenvalue weighted by atomic mass is 16.5. The van der Waals surface area contributed by atoms with E-state index in [4.69, 9.17) is 9.47 Å². The van der Waals surface area contributed by atoms with Crippen molar-refractivity contribution >= 4 is 16.9 Å². The van der Waals surface area contributed by atoms with E-state index in [0.717, 1.165) is 42.8 Å². The van der Waals surface area contributed by atoms with E-state index >= 15 is 0 Å². The number of imidazole rings is 1. The number of para-hydroxylation sites is 2. The fraction of sp³-hybridized carbons (Fsp3) is 0.619. The van der Waals surface area contributed by atoms with Gasteiger partial charge >= 0.3 is 0 Å². The maximum Gasteiger partial charge on any atom is 0.242 e. The number of aliphatic hydroxyl groups excluding tert-OH is 1. The van der Waals surface area contributed by atoms with Crippen molar-refractivity contribution in [1.82, 2.24) is 19.4 Å². The van der Waals surface area contributed by atoms with Gasteiger partial charge in [-0.15, -0.1) is 0 Å². The first kappa shape index (κ1) is 20.3. The number of benzene rings is 1. The van der Waals surface area contributed by atoms with Crippen molar-refractivity contribution in [2.24, 2.45) is 0 Å². The normalized spacial score (nSPS) is 25.6. The van der Waals surface area contributed by atoms with Crippen LogP contribution < -0.4 is 0 Å². The summed E-state index contributed by atoms with van der Waals surface area (Å²) in [5, 5.41) is 10.9. The quantitative estimate of drug-likeness (QED) is 0.772. The fourth-order valence-corrected chi connectivity index (χ4v) is 4.64. The highest BCUT2D eigenvalue weighted by Gasteiger charge is 2.41. The van der Waals surface area contributed by atoms with Gasteiger partial charge in [-0.05, 0) is 25.0 Å². The molecule has 0 radical (unpaired) electrons. The number of hydrogen-bond acceptors (Lipinski definition) is 6. The molecule has 1 saturated carbocycles. The van der Waals surface area contributed by atoms with Gasteiger partial charge in [0.2, 0.25) is 5.91 Å². The first-order valence-corrected chi connectivity index (χ1v) is 10.3. The third-order valence-corrected chi connectivity index (χ3v) is 6.25. The second kappa shape index (κ2) is 8.79. The van der Waals surface area contributed by atoms with Crippen LogP contribution in [0.3, 0.4) is 0 Å². The number of carbonyl (C=O) groups excluding carboxylic acids is 1. The molecule has 3 atom stereocenters. The van der Waals surface area contributed by atoms with Crippen LogP contribution in [0, 0.1) is 0 Å². The van der Waals surface area contributed by atoms with Gasteiger partial charge in [-0.1, -0.05) is 12.1 Å². The van der Waals surface area contributed by atoms with E-state index in [-0.39, 0.29) is 24.5 Å². The standard InChI is InChI=1S/C21H30N4O4/c1-23(17-7-8-18(21(17)27)24-9-11-29-12-10-24)20(26)13-25-16-6-4-3-5-15(16)22-19(25)14-28-2/h3-6,17-18,21,27H,7-14H2,1-2H3/t17-,18-,21-/m1/s1. The molecule has 1 aromatic carbocycles. The van der Waals surface area contributed by atoms with Gasteiger partial charge in [0, 0.05) is 33.3 Å². The summed E-state index contributed by atoms with van der Waals surface area (Å²) in [5.74, 6) is 0.700. The van der Waals surface area contributed by atoms with Gasteiger partial charge in [0.15, 0.2) is 0 Å². The van der Waals surface area contributed by atoms with Crippen molar-refractivity contribution in [2.45, 2.75) is 44.2 Å². The average molecular weight is 402 g/mol. The summed E-state index contributed by atoms with van der Waals surface area (Å²) in [7, 11) is 3.42. The lowest BCUT2D eigenvalue weighted by atomic mass is 10.1. The lowest BCUT2D eigenvalue weighted by Gasteiger charge is -2.36. The van der Waals surface area contributed by atoms with E-state index in [1.165, 1.54) is 0 Å². The van der Waals surface area contributed by atoms with Crippen molar-refractivity contribution in [1.29, 1.82) is 0 Å². The van der Waals surface area contributed by atoms with E-state index in [1.54, 1.807) is 19.1 Å². The van der Waals surface area contributed by atoms with Crippen molar-refractivity contribution in [3.05, 3.63) is 30.1 Å². The number of methoxy groups -OCH3 is 1. The van der Waals surface area contributed by atoms with Gasteiger partial charge in [-0.2, -0.15) is 0 Å². The molecule has 2 aromatic rings. The van der Waals surface area contributed by atoms with Crippen molar-refractivity contribution in [3.63, 3.8) is 0 Å². The van der Waals surface area contributed by atoms with Crippen molar-refractivity contribution in [3.8, 4) is 0 Å². The molecular weight excluding hydrogens is 372 g/mol. The molecule has 2 heterocycles. The summed E-state index contributed by atoms with van der Waals surface area (Å²) in [6.45, 7) is 3.62. The van der Waals surface area contributed by atoms with Crippen LogP contribution in [0.1, 0.15) is 18.7 Å². The predicted octanol–water partition coefficient (Wildman–Crippen LogP) is 0.865. The lowest BCUT2D eigenvalue weighted by molar-refractivity contribution is -0.135. The zero-order chi connectivity index (χ0) is 20.4. The van der Waals surface area contributed by atoms with Crippen LogP contribution >= 0.6 is 0 Å². The number of nitrogens with zero attached hydrogens (tertiary/aromatic N) is 4. The molecule has 1 aliphatic heterocycles. The summed E-state index contributed by atoms with van der Waals surface area (Å²) in [6.07, 6.45) is 1.16. The predicted molar refractivity (Wildman–Crippen MR) is 108 cm³/mol. The molecule has 0 spiro atoms. The first-order chi connectivity index (χ1) is 14.1. The highest BCUT2D eigenvalue weighted by Crippen LogP contribution is 2.29. The second-order valence-corrected chi connectivity index (χ2v) is 7.89. The maximum absolute atomic E-state index is 13.1. The number of rotatable bonds is 6. The number of ether oxygens (including phenoxy) is 2. The fourth-order valence-electron chi connectivity index (χ4n) is 4.64. The van der Waals surface area contributed by atoms with Gasteiger partial charge in [0.25, 0.3) is 0 Å². The summed E-state index contributed by atoms with van der Waals surface area (Å²) >= 11 is 0. The van der Waals surface area contributed by atoms with Gasteiger partial charge in [0.1, 0.15) is 19.0 Å². The third kappa shape index (κ3) is 4.02. The Bertz CT molecular complexity index is 848. The first-order valence-electron chi connectivity index (χ1n) is 10.3. The number of aromatic nitrogens is 2. The molecular formula is C21H30N4O4. The van der Waals surface area contributed by atoms with E-state index in [2.05, 4.69) is 9.88 Å². The van der Waals surface area contributed by atoms with Crippen molar-refractivity contribution < 1.29 is 19.4 Å². The van der Waals surface area contributed by atoms with Crippen molar-refractivity contribution in [2.75, 3.05) is 40.5 Å². The summed E-state index contributed by atoms with van der Waals surface area (Å²) in [4.78, 5) is 21.7. The molecule has 8 heteroatoms. The van der Waals surface area contributed by atoms with Gasteiger partial charge in [-0.3, -0.25) is 9.69 Å². The van der Waals surface area contributed by atoms with E-state index in [0.29, 0.717) is 19.8 Å². The third-order valence-electron chi connectivity index (χ3n) is 6.25. The maximum atomic E-state index is 13.1. The molecule has 29 heavy (non-hydrogen) atoms. The number of aliphatic hydroxyl groups is 1. The number of amides is 1. The van der Waals surface area contributed by atoms with E-state index in [9.17, 15) is 9.90 Å². The van der Waals surface area contributed by atoms with Crippen LogP contribution in [-0.2, 0) is 27.4 Å². The van der Waals surface area contributed by atoms with E-state index in [1.807, 2.05) is 28.8 Å². The van der Waals surface area contributed by atoms with Crippen LogP contribution in [0.4, 0.5) is 0 Å². The Kier molecular flexibility index (Phi) is 6.15. The summed E-state index contributed by atoms with van der Waals surface area (Å²) < 4.78 is 12.6. The number of morpholine rings is 1. The van der Waals surface area contributed by atoms with Gasteiger partial charge in [0.05, 0.1) is 36.4 Å². The Morgan fingerprint density at radius 2 is 2.07 bits per heavy atom. The Labute approximate surface area is 171 Å². The SMILES string of the molecule is COCc1nc2ccccc2n1CC(=O)N(C)[C@@H]1CC[C@@H](N2CCOCC2)[C@@H]1O.